The number of aliphatic hydroxyl groups is 1. The third kappa shape index (κ3) is 3.19. The molecule has 1 aromatic heterocycles. The molecule has 0 fully saturated rings. The molecule has 0 spiro atoms. The molecule has 0 aliphatic carbocycles. The van der Waals surface area contributed by atoms with Gasteiger partial charge in [-0.3, -0.25) is 5.10 Å². The molecule has 0 bridgehead atoms. The van der Waals surface area contributed by atoms with Gasteiger partial charge in [0.1, 0.15) is 6.33 Å². The van der Waals surface area contributed by atoms with Crippen molar-refractivity contribution in [1.29, 1.82) is 0 Å². The molecule has 0 radical (unpaired) electrons. The van der Waals surface area contributed by atoms with E-state index in [-0.39, 0.29) is 5.41 Å². The van der Waals surface area contributed by atoms with Gasteiger partial charge in [0.2, 0.25) is 0 Å². The second-order valence-corrected chi connectivity index (χ2v) is 6.55. The molecule has 0 saturated carbocycles. The molecule has 0 amide bonds. The van der Waals surface area contributed by atoms with Crippen LogP contribution in [0.25, 0.3) is 0 Å². The Labute approximate surface area is 124 Å². The van der Waals surface area contributed by atoms with Crippen molar-refractivity contribution in [2.75, 3.05) is 0 Å². The van der Waals surface area contributed by atoms with Crippen molar-refractivity contribution in [3.05, 3.63) is 47.0 Å². The van der Waals surface area contributed by atoms with Crippen molar-refractivity contribution in [1.82, 2.24) is 15.2 Å². The normalized spacial score (nSPS) is 15.1. The van der Waals surface area contributed by atoms with Crippen LogP contribution < -0.4 is 0 Å². The van der Waals surface area contributed by atoms with Crippen LogP contribution in [-0.4, -0.2) is 25.9 Å². The number of nitrogens with one attached hydrogen (secondary N) is 1. The largest absolute Gasteiger partial charge is 0.389 e. The molecule has 2 rings (SSSR count). The van der Waals surface area contributed by atoms with E-state index in [0.29, 0.717) is 23.7 Å². The Morgan fingerprint density at radius 2 is 1.90 bits per heavy atom. The topological polar surface area (TPSA) is 61.8 Å². The molecule has 0 saturated heterocycles. The van der Waals surface area contributed by atoms with E-state index in [4.69, 9.17) is 11.6 Å². The molecule has 1 heterocycles. The zero-order valence-electron chi connectivity index (χ0n) is 12.0. The molecule has 1 unspecified atom stereocenters. The maximum Gasteiger partial charge on any atom is 0.153 e. The minimum atomic E-state index is -0.972. The van der Waals surface area contributed by atoms with E-state index in [1.165, 1.54) is 6.33 Å². The first kappa shape index (κ1) is 15.0. The Kier molecular flexibility index (Phi) is 4.16. The second-order valence-electron chi connectivity index (χ2n) is 6.14. The lowest BCUT2D eigenvalue weighted by atomic mass is 9.71. The van der Waals surface area contributed by atoms with Gasteiger partial charge in [-0.05, 0) is 17.0 Å². The monoisotopic (exact) mass is 293 g/mol. The van der Waals surface area contributed by atoms with E-state index in [1.54, 1.807) is 0 Å². The summed E-state index contributed by atoms with van der Waals surface area (Å²) < 4.78 is 0. The van der Waals surface area contributed by atoms with Crippen molar-refractivity contribution in [3.63, 3.8) is 0 Å². The molecule has 4 nitrogen and oxygen atoms in total. The van der Waals surface area contributed by atoms with Gasteiger partial charge >= 0.3 is 0 Å². The number of aromatic amines is 1. The predicted molar refractivity (Wildman–Crippen MR) is 79.6 cm³/mol. The van der Waals surface area contributed by atoms with Gasteiger partial charge in [0.25, 0.3) is 0 Å². The molecule has 1 atom stereocenters. The Bertz CT molecular complexity index is 563. The number of H-pyrrole nitrogens is 1. The molecule has 0 aliphatic heterocycles. The fraction of sp³-hybridized carbons (Fsp3) is 0.467. The molecule has 5 heteroatoms. The Morgan fingerprint density at radius 1 is 1.20 bits per heavy atom. The molecule has 20 heavy (non-hydrogen) atoms. The van der Waals surface area contributed by atoms with Crippen molar-refractivity contribution < 1.29 is 5.11 Å². The van der Waals surface area contributed by atoms with Crippen LogP contribution in [0.15, 0.2) is 30.6 Å². The number of aromatic nitrogens is 3. The number of rotatable bonds is 4. The number of halogens is 1. The van der Waals surface area contributed by atoms with Crippen molar-refractivity contribution >= 4 is 11.6 Å². The lowest BCUT2D eigenvalue weighted by Crippen LogP contribution is -2.47. The highest BCUT2D eigenvalue weighted by Crippen LogP contribution is 2.37. The van der Waals surface area contributed by atoms with Crippen molar-refractivity contribution in [2.45, 2.75) is 39.2 Å². The first-order chi connectivity index (χ1) is 9.32. The highest BCUT2D eigenvalue weighted by molar-refractivity contribution is 6.31. The van der Waals surface area contributed by atoms with Gasteiger partial charge in [0.05, 0.1) is 5.60 Å². The van der Waals surface area contributed by atoms with Crippen LogP contribution in [0.3, 0.4) is 0 Å². The summed E-state index contributed by atoms with van der Waals surface area (Å²) in [7, 11) is 0. The van der Waals surface area contributed by atoms with Gasteiger partial charge in [-0.15, -0.1) is 0 Å². The summed E-state index contributed by atoms with van der Waals surface area (Å²) in [6, 6.07) is 7.60. The Morgan fingerprint density at radius 3 is 2.45 bits per heavy atom. The highest BCUT2D eigenvalue weighted by atomic mass is 35.5. The van der Waals surface area contributed by atoms with E-state index < -0.39 is 5.60 Å². The van der Waals surface area contributed by atoms with Crippen LogP contribution >= 0.6 is 11.6 Å². The smallest absolute Gasteiger partial charge is 0.153 e. The van der Waals surface area contributed by atoms with Crippen LogP contribution in [0.4, 0.5) is 0 Å². The maximum absolute atomic E-state index is 11.1. The lowest BCUT2D eigenvalue weighted by molar-refractivity contribution is -0.0583. The van der Waals surface area contributed by atoms with E-state index in [0.717, 1.165) is 5.56 Å². The first-order valence-corrected chi connectivity index (χ1v) is 7.00. The van der Waals surface area contributed by atoms with Gasteiger partial charge in [-0.2, -0.15) is 5.10 Å². The van der Waals surface area contributed by atoms with Gasteiger partial charge in [0, 0.05) is 17.9 Å². The molecular formula is C15H20ClN3O. The number of benzene rings is 1. The van der Waals surface area contributed by atoms with E-state index in [9.17, 15) is 5.11 Å². The zero-order valence-corrected chi connectivity index (χ0v) is 12.8. The Hall–Kier alpha value is -1.39. The van der Waals surface area contributed by atoms with Gasteiger partial charge < -0.3 is 5.11 Å². The zero-order chi connectivity index (χ0) is 14.8. The van der Waals surface area contributed by atoms with Crippen LogP contribution in [0.2, 0.25) is 5.02 Å². The van der Waals surface area contributed by atoms with Crippen LogP contribution in [-0.2, 0) is 12.8 Å². The lowest BCUT2D eigenvalue weighted by Gasteiger charge is -2.40. The summed E-state index contributed by atoms with van der Waals surface area (Å²) in [5, 5.41) is 18.5. The average molecular weight is 294 g/mol. The second kappa shape index (κ2) is 5.54. The van der Waals surface area contributed by atoms with Gasteiger partial charge in [0.15, 0.2) is 5.82 Å². The molecule has 2 aromatic rings. The van der Waals surface area contributed by atoms with Crippen molar-refractivity contribution in [3.8, 4) is 0 Å². The molecule has 0 aliphatic rings. The standard InChI is InChI=1S/C15H20ClN3O/c1-14(2,3)15(20,9-13-17-10-18-19-13)8-11-6-4-5-7-12(11)16/h4-7,10,20H,8-9H2,1-3H3,(H,17,18,19). The minimum absolute atomic E-state index is 0.327. The SMILES string of the molecule is CC(C)(C)C(O)(Cc1nc[nH]n1)Cc1ccccc1Cl. The van der Waals surface area contributed by atoms with Gasteiger partial charge in [-0.1, -0.05) is 50.6 Å². The van der Waals surface area contributed by atoms with E-state index >= 15 is 0 Å². The summed E-state index contributed by atoms with van der Waals surface area (Å²) in [5.41, 5.74) is -0.366. The quantitative estimate of drug-likeness (QED) is 0.911. The van der Waals surface area contributed by atoms with E-state index in [1.807, 2.05) is 45.0 Å². The summed E-state index contributed by atoms with van der Waals surface area (Å²) in [5.74, 6) is 0.606. The predicted octanol–water partition coefficient (Wildman–Crippen LogP) is 3.02. The fourth-order valence-electron chi connectivity index (χ4n) is 2.13. The first-order valence-electron chi connectivity index (χ1n) is 6.62. The summed E-state index contributed by atoms with van der Waals surface area (Å²) in [4.78, 5) is 4.12. The molecule has 2 N–H and O–H groups in total. The third-order valence-electron chi connectivity index (χ3n) is 3.75. The number of hydrogen-bond donors (Lipinski definition) is 2. The maximum atomic E-state index is 11.1. The van der Waals surface area contributed by atoms with E-state index in [2.05, 4.69) is 15.2 Å². The number of hydrogen-bond acceptors (Lipinski definition) is 3. The minimum Gasteiger partial charge on any atom is -0.389 e. The highest BCUT2D eigenvalue weighted by Gasteiger charge is 2.41. The molecular weight excluding hydrogens is 274 g/mol. The van der Waals surface area contributed by atoms with Crippen LogP contribution in [0.5, 0.6) is 0 Å². The fourth-order valence-corrected chi connectivity index (χ4v) is 2.33. The third-order valence-corrected chi connectivity index (χ3v) is 4.12. The summed E-state index contributed by atoms with van der Waals surface area (Å²) in [6.07, 6.45) is 2.36. The van der Waals surface area contributed by atoms with Crippen LogP contribution in [0.1, 0.15) is 32.2 Å². The summed E-state index contributed by atoms with van der Waals surface area (Å²) >= 11 is 6.21. The number of nitrogens with zero attached hydrogens (tertiary/aromatic N) is 2. The molecule has 1 aromatic carbocycles. The summed E-state index contributed by atoms with van der Waals surface area (Å²) in [6.45, 7) is 6.03. The van der Waals surface area contributed by atoms with Crippen molar-refractivity contribution in [2.24, 2.45) is 5.41 Å². The molecule has 108 valence electrons. The Balaban J connectivity index is 2.31. The average Bonchev–Trinajstić information content (AvgIpc) is 2.83. The van der Waals surface area contributed by atoms with Gasteiger partial charge in [-0.25, -0.2) is 4.98 Å². The van der Waals surface area contributed by atoms with Crippen LogP contribution in [0, 0.1) is 5.41 Å².